The molecule has 0 aliphatic carbocycles. The highest BCUT2D eigenvalue weighted by Crippen LogP contribution is 2.38. The Morgan fingerprint density at radius 3 is 2.24 bits per heavy atom. The van der Waals surface area contributed by atoms with Crippen LogP contribution in [0, 0.1) is 6.92 Å². The molecule has 0 unspecified atom stereocenters. The normalized spacial score (nSPS) is 15.1. The van der Waals surface area contributed by atoms with Crippen molar-refractivity contribution in [2.24, 2.45) is 0 Å². The molecular formula is C26H36N6O7S2. The monoisotopic (exact) mass is 608 g/mol. The highest BCUT2D eigenvalue weighted by Gasteiger charge is 2.30. The Balaban J connectivity index is 1.74. The van der Waals surface area contributed by atoms with Crippen molar-refractivity contribution in [3.05, 3.63) is 36.3 Å². The maximum Gasteiger partial charge on any atom is 0.410 e. The Labute approximate surface area is 240 Å². The van der Waals surface area contributed by atoms with Crippen molar-refractivity contribution in [1.82, 2.24) is 19.5 Å². The standard InChI is InChI=1S/C26H36N6O7S2/c1-17-28-29-24-22(27-5)14-18(16-31(17)24)21-15-19(32(40(6,34)35)41(7,36)37)8-9-23(21)38-20-10-12-30(13-11-20)25(33)39-26(2,3)4/h8-9,14-16,20,27H,10-13H2,1-7H3. The summed E-state index contributed by atoms with van der Waals surface area (Å²) in [5, 5.41) is 11.4. The molecule has 3 aromatic rings. The van der Waals surface area contributed by atoms with Crippen LogP contribution < -0.4 is 13.8 Å². The Morgan fingerprint density at radius 1 is 1.05 bits per heavy atom. The molecule has 1 saturated heterocycles. The van der Waals surface area contributed by atoms with Gasteiger partial charge in [0.15, 0.2) is 5.65 Å². The minimum absolute atomic E-state index is 0.0522. The smallest absolute Gasteiger partial charge is 0.410 e. The van der Waals surface area contributed by atoms with Crippen molar-refractivity contribution in [3.8, 4) is 16.9 Å². The Hall–Kier alpha value is -3.59. The number of ether oxygens (including phenoxy) is 2. The first kappa shape index (κ1) is 30.4. The van der Waals surface area contributed by atoms with Gasteiger partial charge in [0.25, 0.3) is 0 Å². The summed E-state index contributed by atoms with van der Waals surface area (Å²) in [6, 6.07) is 6.26. The molecule has 41 heavy (non-hydrogen) atoms. The van der Waals surface area contributed by atoms with E-state index in [0.29, 0.717) is 63.7 Å². The van der Waals surface area contributed by atoms with Gasteiger partial charge in [-0.25, -0.2) is 21.6 Å². The third kappa shape index (κ3) is 6.84. The highest BCUT2D eigenvalue weighted by atomic mass is 32.3. The average molecular weight is 609 g/mol. The molecule has 1 aromatic carbocycles. The number of aromatic nitrogens is 3. The molecular weight excluding hydrogens is 572 g/mol. The zero-order valence-electron chi connectivity index (χ0n) is 24.2. The van der Waals surface area contributed by atoms with E-state index in [-0.39, 0.29) is 17.9 Å². The molecule has 0 atom stereocenters. The van der Waals surface area contributed by atoms with Crippen molar-refractivity contribution in [1.29, 1.82) is 0 Å². The second kappa shape index (κ2) is 11.0. The van der Waals surface area contributed by atoms with Gasteiger partial charge in [-0.3, -0.25) is 4.40 Å². The summed E-state index contributed by atoms with van der Waals surface area (Å²) in [6.45, 7) is 8.14. The molecule has 0 bridgehead atoms. The van der Waals surface area contributed by atoms with E-state index in [1.165, 1.54) is 12.1 Å². The van der Waals surface area contributed by atoms with Gasteiger partial charge in [0.1, 0.15) is 23.3 Å². The molecule has 1 N–H and O–H groups in total. The second-order valence-electron chi connectivity index (χ2n) is 11.0. The number of sulfonamides is 2. The number of pyridine rings is 1. The fourth-order valence-corrected chi connectivity index (χ4v) is 7.65. The molecule has 13 nitrogen and oxygen atoms in total. The summed E-state index contributed by atoms with van der Waals surface area (Å²) in [6.07, 6.45) is 3.93. The summed E-state index contributed by atoms with van der Waals surface area (Å²) in [5.41, 5.74) is 1.70. The SMILES string of the molecule is CNc1cc(-c2cc(N(S(C)(=O)=O)S(C)(=O)=O)ccc2OC2CCN(C(=O)OC(C)(C)C)CC2)cn2c(C)nnc12. The minimum atomic E-state index is -4.17. The number of hydrogen-bond donors (Lipinski definition) is 1. The van der Waals surface area contributed by atoms with Crippen LogP contribution in [-0.4, -0.2) is 86.8 Å². The van der Waals surface area contributed by atoms with Gasteiger partial charge in [-0.15, -0.1) is 10.2 Å². The minimum Gasteiger partial charge on any atom is -0.490 e. The van der Waals surface area contributed by atoms with Gasteiger partial charge in [-0.05, 0) is 52.0 Å². The second-order valence-corrected chi connectivity index (χ2v) is 14.9. The third-order valence-electron chi connectivity index (χ3n) is 6.42. The first-order valence-electron chi connectivity index (χ1n) is 13.0. The summed E-state index contributed by atoms with van der Waals surface area (Å²) < 4.78 is 64.2. The fourth-order valence-electron chi connectivity index (χ4n) is 4.69. The fraction of sp³-hybridized carbons (Fsp3) is 0.500. The quantitative estimate of drug-likeness (QED) is 0.423. The zero-order valence-corrected chi connectivity index (χ0v) is 25.8. The van der Waals surface area contributed by atoms with Gasteiger partial charge in [0, 0.05) is 50.3 Å². The lowest BCUT2D eigenvalue weighted by molar-refractivity contribution is 0.0127. The number of aryl methyl sites for hydroxylation is 1. The Kier molecular flexibility index (Phi) is 8.15. The zero-order chi connectivity index (χ0) is 30.3. The number of carbonyl (C=O) groups is 1. The number of amides is 1. The topological polar surface area (TPSA) is 153 Å². The molecule has 2 aromatic heterocycles. The first-order chi connectivity index (χ1) is 19.0. The largest absolute Gasteiger partial charge is 0.490 e. The molecule has 0 radical (unpaired) electrons. The highest BCUT2D eigenvalue weighted by molar-refractivity contribution is 8.09. The predicted octanol–water partition coefficient (Wildman–Crippen LogP) is 3.25. The lowest BCUT2D eigenvalue weighted by atomic mass is 10.0. The van der Waals surface area contributed by atoms with Crippen molar-refractivity contribution in [2.45, 2.75) is 52.2 Å². The Bertz CT molecular complexity index is 1640. The molecule has 0 spiro atoms. The van der Waals surface area contributed by atoms with Crippen molar-refractivity contribution < 1.29 is 31.1 Å². The molecule has 1 amide bonds. The van der Waals surface area contributed by atoms with Crippen molar-refractivity contribution in [2.75, 3.05) is 41.7 Å². The van der Waals surface area contributed by atoms with E-state index in [9.17, 15) is 21.6 Å². The van der Waals surface area contributed by atoms with E-state index < -0.39 is 25.6 Å². The van der Waals surface area contributed by atoms with Crippen molar-refractivity contribution in [3.63, 3.8) is 0 Å². The van der Waals surface area contributed by atoms with Crippen LogP contribution in [0.4, 0.5) is 16.2 Å². The van der Waals surface area contributed by atoms with Gasteiger partial charge < -0.3 is 19.7 Å². The number of likely N-dealkylation sites (tertiary alicyclic amines) is 1. The van der Waals surface area contributed by atoms with Gasteiger partial charge in [0.2, 0.25) is 20.0 Å². The summed E-state index contributed by atoms with van der Waals surface area (Å²) in [7, 11) is -6.60. The number of carbonyl (C=O) groups excluding carboxylic acids is 1. The number of piperidine rings is 1. The van der Waals surface area contributed by atoms with Gasteiger partial charge in [-0.2, -0.15) is 3.71 Å². The summed E-state index contributed by atoms with van der Waals surface area (Å²) in [5.74, 6) is 1.05. The molecule has 1 fully saturated rings. The number of nitrogens with zero attached hydrogens (tertiary/aromatic N) is 5. The molecule has 3 heterocycles. The van der Waals surface area contributed by atoms with Crippen LogP contribution in [0.2, 0.25) is 0 Å². The van der Waals surface area contributed by atoms with E-state index >= 15 is 0 Å². The number of nitrogens with one attached hydrogen (secondary N) is 1. The lowest BCUT2D eigenvalue weighted by Gasteiger charge is -2.34. The molecule has 1 aliphatic heterocycles. The first-order valence-corrected chi connectivity index (χ1v) is 16.7. The van der Waals surface area contributed by atoms with Gasteiger partial charge >= 0.3 is 6.09 Å². The number of anilines is 2. The number of fused-ring (bicyclic) bond motifs is 1. The maximum atomic E-state index is 12.5. The van der Waals surface area contributed by atoms with Crippen LogP contribution in [0.15, 0.2) is 30.5 Å². The number of hydrogen-bond acceptors (Lipinski definition) is 10. The van der Waals surface area contributed by atoms with E-state index in [1.807, 2.05) is 26.8 Å². The predicted molar refractivity (Wildman–Crippen MR) is 156 cm³/mol. The van der Waals surface area contributed by atoms with Gasteiger partial charge in [-0.1, -0.05) is 0 Å². The molecule has 15 heteroatoms. The van der Waals surface area contributed by atoms with E-state index in [4.69, 9.17) is 9.47 Å². The van der Waals surface area contributed by atoms with Crippen LogP contribution in [0.1, 0.15) is 39.4 Å². The van der Waals surface area contributed by atoms with E-state index in [2.05, 4.69) is 15.5 Å². The number of rotatable bonds is 7. The van der Waals surface area contributed by atoms with Crippen LogP contribution >= 0.6 is 0 Å². The van der Waals surface area contributed by atoms with Crippen LogP contribution in [-0.2, 0) is 24.8 Å². The van der Waals surface area contributed by atoms with E-state index in [1.54, 1.807) is 35.5 Å². The maximum absolute atomic E-state index is 12.5. The Morgan fingerprint density at radius 2 is 1.68 bits per heavy atom. The summed E-state index contributed by atoms with van der Waals surface area (Å²) >= 11 is 0. The molecule has 0 saturated carbocycles. The van der Waals surface area contributed by atoms with Crippen LogP contribution in [0.5, 0.6) is 5.75 Å². The summed E-state index contributed by atoms with van der Waals surface area (Å²) in [4.78, 5) is 14.1. The number of benzene rings is 1. The van der Waals surface area contributed by atoms with Crippen LogP contribution in [0.25, 0.3) is 16.8 Å². The molecule has 1 aliphatic rings. The third-order valence-corrected chi connectivity index (χ3v) is 9.67. The van der Waals surface area contributed by atoms with Crippen LogP contribution in [0.3, 0.4) is 0 Å². The molecule has 4 rings (SSSR count). The lowest BCUT2D eigenvalue weighted by Crippen LogP contribution is -2.44. The van der Waals surface area contributed by atoms with Gasteiger partial charge in [0.05, 0.1) is 23.9 Å². The van der Waals surface area contributed by atoms with E-state index in [0.717, 1.165) is 12.5 Å². The average Bonchev–Trinajstić information content (AvgIpc) is 3.22. The molecule has 224 valence electrons. The van der Waals surface area contributed by atoms with Crippen molar-refractivity contribution >= 4 is 43.2 Å².